The van der Waals surface area contributed by atoms with Gasteiger partial charge < -0.3 is 15.2 Å². The van der Waals surface area contributed by atoms with E-state index >= 15 is 0 Å². The van der Waals surface area contributed by atoms with Crippen molar-refractivity contribution < 1.29 is 28.2 Å². The summed E-state index contributed by atoms with van der Waals surface area (Å²) in [6.07, 6.45) is 1.19. The highest BCUT2D eigenvalue weighted by Crippen LogP contribution is 2.22. The van der Waals surface area contributed by atoms with Crippen LogP contribution in [0.5, 0.6) is 5.75 Å². The molecule has 1 heterocycles. The van der Waals surface area contributed by atoms with Crippen LogP contribution in [-0.4, -0.2) is 33.6 Å². The summed E-state index contributed by atoms with van der Waals surface area (Å²) < 4.78 is 31.5. The Bertz CT molecular complexity index is 980. The number of benzene rings is 2. The highest BCUT2D eigenvalue weighted by Gasteiger charge is 2.32. The van der Waals surface area contributed by atoms with Crippen LogP contribution in [0.2, 0.25) is 0 Å². The van der Waals surface area contributed by atoms with Crippen LogP contribution in [0.4, 0.5) is 8.78 Å². The van der Waals surface area contributed by atoms with Gasteiger partial charge in [0.25, 0.3) is 0 Å². The molecule has 0 radical (unpaired) electrons. The van der Waals surface area contributed by atoms with Crippen molar-refractivity contribution in [3.63, 3.8) is 0 Å². The van der Waals surface area contributed by atoms with Crippen molar-refractivity contribution in [3.05, 3.63) is 65.2 Å². The summed E-state index contributed by atoms with van der Waals surface area (Å²) >= 11 is 1.02. The number of nitrogens with one attached hydrogen (secondary N) is 1. The maximum atomic E-state index is 13.2. The number of halogens is 2. The number of hydrogen-bond donors (Lipinski definition) is 2. The topological polar surface area (TPSA) is 100 Å². The van der Waals surface area contributed by atoms with E-state index in [4.69, 9.17) is 9.84 Å². The van der Waals surface area contributed by atoms with Crippen LogP contribution in [-0.2, 0) is 16.2 Å². The van der Waals surface area contributed by atoms with Crippen molar-refractivity contribution in [2.75, 3.05) is 0 Å². The van der Waals surface area contributed by atoms with Crippen molar-refractivity contribution >= 4 is 35.0 Å². The van der Waals surface area contributed by atoms with Crippen LogP contribution in [0.3, 0.4) is 0 Å². The van der Waals surface area contributed by atoms with Crippen molar-refractivity contribution in [2.45, 2.75) is 18.3 Å². The minimum atomic E-state index is -1.06. The molecule has 0 bridgehead atoms. The highest BCUT2D eigenvalue weighted by molar-refractivity contribution is 8.15. The second-order valence-corrected chi connectivity index (χ2v) is 7.14. The summed E-state index contributed by atoms with van der Waals surface area (Å²) in [6.45, 7) is 0.179. The minimum Gasteiger partial charge on any atom is -0.489 e. The number of carbonyl (C=O) groups is 2. The third-order valence-corrected chi connectivity index (χ3v) is 4.84. The van der Waals surface area contributed by atoms with Gasteiger partial charge in [0.1, 0.15) is 17.6 Å². The summed E-state index contributed by atoms with van der Waals surface area (Å²) in [7, 11) is 0. The Morgan fingerprint density at radius 2 is 1.97 bits per heavy atom. The molecule has 0 saturated carbocycles. The van der Waals surface area contributed by atoms with Crippen LogP contribution >= 0.6 is 11.8 Å². The third-order valence-electron chi connectivity index (χ3n) is 3.77. The molecule has 2 aromatic rings. The molecule has 10 heteroatoms. The number of thioether (sulfide) groups is 1. The number of carboxylic acid groups (broad SMARTS) is 1. The Hall–Kier alpha value is -3.27. The first-order chi connectivity index (χ1) is 13.9. The molecule has 7 nitrogen and oxygen atoms in total. The van der Waals surface area contributed by atoms with E-state index < -0.39 is 28.8 Å². The summed E-state index contributed by atoms with van der Waals surface area (Å²) in [6, 6.07) is 10.4. The highest BCUT2D eigenvalue weighted by atomic mass is 32.2. The van der Waals surface area contributed by atoms with Crippen LogP contribution in [0.1, 0.15) is 17.5 Å². The lowest BCUT2D eigenvalue weighted by Crippen LogP contribution is -2.26. The van der Waals surface area contributed by atoms with Crippen molar-refractivity contribution in [1.82, 2.24) is 5.32 Å². The molecule has 1 unspecified atom stereocenters. The second-order valence-electron chi connectivity index (χ2n) is 5.95. The molecular formula is C19H15F2N3O4S. The van der Waals surface area contributed by atoms with Gasteiger partial charge in [-0.25, -0.2) is 8.78 Å². The van der Waals surface area contributed by atoms with Gasteiger partial charge in [0.05, 0.1) is 12.6 Å². The SMILES string of the molecule is O=C(O)CC1SC(=NN=Cc2ccc(COc3ccc(F)c(F)c3)cc2)NC1=O. The number of carboxylic acids is 1. The quantitative estimate of drug-likeness (QED) is 0.531. The molecule has 0 aromatic heterocycles. The zero-order valence-corrected chi connectivity index (χ0v) is 15.7. The van der Waals surface area contributed by atoms with Crippen LogP contribution in [0, 0.1) is 11.6 Å². The number of hydrogen-bond acceptors (Lipinski definition) is 6. The molecule has 29 heavy (non-hydrogen) atoms. The fourth-order valence-electron chi connectivity index (χ4n) is 2.33. The second kappa shape index (κ2) is 9.28. The monoisotopic (exact) mass is 419 g/mol. The molecule has 2 aromatic carbocycles. The number of ether oxygens (including phenoxy) is 1. The predicted molar refractivity (Wildman–Crippen MR) is 104 cm³/mol. The van der Waals surface area contributed by atoms with Gasteiger partial charge in [-0.3, -0.25) is 9.59 Å². The zero-order valence-electron chi connectivity index (χ0n) is 14.8. The molecule has 3 rings (SSSR count). The fourth-order valence-corrected chi connectivity index (χ4v) is 3.24. The predicted octanol–water partition coefficient (Wildman–Crippen LogP) is 2.94. The van der Waals surface area contributed by atoms with Crippen LogP contribution in [0.15, 0.2) is 52.7 Å². The summed E-state index contributed by atoms with van der Waals surface area (Å²) in [5.74, 6) is -3.14. The summed E-state index contributed by atoms with van der Waals surface area (Å²) in [5, 5.41) is 18.5. The molecule has 1 aliphatic heterocycles. The van der Waals surface area contributed by atoms with Gasteiger partial charge in [-0.2, -0.15) is 5.10 Å². The average molecular weight is 419 g/mol. The first-order valence-electron chi connectivity index (χ1n) is 8.38. The largest absolute Gasteiger partial charge is 0.489 e. The summed E-state index contributed by atoms with van der Waals surface area (Å²) in [4.78, 5) is 22.3. The summed E-state index contributed by atoms with van der Waals surface area (Å²) in [5.41, 5.74) is 1.55. The Morgan fingerprint density at radius 3 is 2.66 bits per heavy atom. The smallest absolute Gasteiger partial charge is 0.305 e. The average Bonchev–Trinajstić information content (AvgIpc) is 3.02. The van der Waals surface area contributed by atoms with Gasteiger partial charge in [0, 0.05) is 6.07 Å². The Morgan fingerprint density at radius 1 is 1.21 bits per heavy atom. The lowest BCUT2D eigenvalue weighted by atomic mass is 10.1. The number of amidine groups is 1. The molecule has 0 aliphatic carbocycles. The Kier molecular flexibility index (Phi) is 6.55. The molecule has 150 valence electrons. The lowest BCUT2D eigenvalue weighted by Gasteiger charge is -2.06. The molecular weight excluding hydrogens is 404 g/mol. The Labute approximate surface area is 168 Å². The van der Waals surface area contributed by atoms with Gasteiger partial charge >= 0.3 is 5.97 Å². The standard InChI is InChI=1S/C19H15F2N3O4S/c20-14-6-5-13(7-15(14)21)28-10-12-3-1-11(2-4-12)9-22-24-19-23-18(27)16(29-19)8-17(25)26/h1-7,9,16H,8,10H2,(H,25,26)(H,23,24,27). The van der Waals surface area contributed by atoms with E-state index in [2.05, 4.69) is 15.5 Å². The van der Waals surface area contributed by atoms with Crippen molar-refractivity contribution in [2.24, 2.45) is 10.2 Å². The van der Waals surface area contributed by atoms with E-state index in [1.807, 2.05) is 0 Å². The van der Waals surface area contributed by atoms with Crippen LogP contribution in [0.25, 0.3) is 0 Å². The number of aliphatic carboxylic acids is 1. The van der Waals surface area contributed by atoms with Crippen molar-refractivity contribution in [3.8, 4) is 5.75 Å². The first kappa shape index (κ1) is 20.5. The fraction of sp³-hybridized carbons (Fsp3) is 0.158. The number of rotatable bonds is 7. The van der Waals surface area contributed by atoms with E-state index in [0.29, 0.717) is 0 Å². The van der Waals surface area contributed by atoms with Gasteiger partial charge in [-0.1, -0.05) is 36.0 Å². The molecule has 1 amide bonds. The minimum absolute atomic E-state index is 0.179. The normalized spacial score (nSPS) is 17.7. The van der Waals surface area contributed by atoms with Crippen LogP contribution < -0.4 is 10.1 Å². The molecule has 1 aliphatic rings. The van der Waals surface area contributed by atoms with E-state index in [9.17, 15) is 18.4 Å². The first-order valence-corrected chi connectivity index (χ1v) is 9.26. The van der Waals surface area contributed by atoms with Gasteiger partial charge in [-0.05, 0) is 23.3 Å². The van der Waals surface area contributed by atoms with Crippen molar-refractivity contribution in [1.29, 1.82) is 0 Å². The Balaban J connectivity index is 1.53. The number of nitrogens with zero attached hydrogens (tertiary/aromatic N) is 2. The lowest BCUT2D eigenvalue weighted by molar-refractivity contribution is -0.138. The molecule has 1 fully saturated rings. The van der Waals surface area contributed by atoms with Gasteiger partial charge in [0.2, 0.25) is 5.91 Å². The van der Waals surface area contributed by atoms with E-state index in [-0.39, 0.29) is 23.9 Å². The third kappa shape index (κ3) is 5.85. The molecule has 1 atom stereocenters. The van der Waals surface area contributed by atoms with Gasteiger partial charge in [0.15, 0.2) is 16.8 Å². The van der Waals surface area contributed by atoms with E-state index in [0.717, 1.165) is 35.0 Å². The zero-order chi connectivity index (χ0) is 20.8. The number of carbonyl (C=O) groups excluding carboxylic acids is 1. The molecule has 2 N–H and O–H groups in total. The molecule has 1 saturated heterocycles. The van der Waals surface area contributed by atoms with E-state index in [1.54, 1.807) is 24.3 Å². The maximum absolute atomic E-state index is 13.2. The van der Waals surface area contributed by atoms with E-state index in [1.165, 1.54) is 12.3 Å². The molecule has 0 spiro atoms. The number of amides is 1. The van der Waals surface area contributed by atoms with Gasteiger partial charge in [-0.15, -0.1) is 5.10 Å². The maximum Gasteiger partial charge on any atom is 0.305 e.